The molecule has 0 bridgehead atoms. The van der Waals surface area contributed by atoms with Crippen molar-refractivity contribution in [3.63, 3.8) is 0 Å². The summed E-state index contributed by atoms with van der Waals surface area (Å²) in [5.41, 5.74) is 0. The van der Waals surface area contributed by atoms with Crippen LogP contribution in [0, 0.1) is 11.8 Å². The van der Waals surface area contributed by atoms with E-state index in [9.17, 15) is 8.78 Å². The van der Waals surface area contributed by atoms with Gasteiger partial charge in [-0.1, -0.05) is 32.7 Å². The van der Waals surface area contributed by atoms with E-state index >= 15 is 0 Å². The molecule has 1 aliphatic heterocycles. The molecule has 0 spiro atoms. The lowest BCUT2D eigenvalue weighted by Crippen LogP contribution is -2.45. The monoisotopic (exact) mass is 223 g/mol. The van der Waals surface area contributed by atoms with Crippen molar-refractivity contribution in [1.82, 2.24) is 4.31 Å². The van der Waals surface area contributed by atoms with Crippen molar-refractivity contribution in [3.8, 4) is 0 Å². The van der Waals surface area contributed by atoms with Gasteiger partial charge in [-0.25, -0.2) is 0 Å². The van der Waals surface area contributed by atoms with E-state index in [4.69, 9.17) is 0 Å². The number of halogens is 2. The minimum Gasteiger partial charge on any atom is -0.189 e. The van der Waals surface area contributed by atoms with Crippen LogP contribution in [0.4, 0.5) is 8.78 Å². The van der Waals surface area contributed by atoms with Gasteiger partial charge in [0.2, 0.25) is 0 Å². The van der Waals surface area contributed by atoms with E-state index in [0.29, 0.717) is 12.5 Å². The van der Waals surface area contributed by atoms with Crippen molar-refractivity contribution in [2.24, 2.45) is 11.8 Å². The lowest BCUT2D eigenvalue weighted by Gasteiger charge is -2.39. The molecule has 0 saturated carbocycles. The molecule has 0 N–H and O–H groups in total. The second-order valence-corrected chi connectivity index (χ2v) is 5.46. The van der Waals surface area contributed by atoms with Crippen LogP contribution >= 0.6 is 11.9 Å². The van der Waals surface area contributed by atoms with Crippen LogP contribution in [-0.2, 0) is 0 Å². The molecule has 1 fully saturated rings. The molecule has 1 nitrogen and oxygen atoms in total. The average molecular weight is 223 g/mol. The maximum Gasteiger partial charge on any atom is 0.313 e. The molecule has 0 aromatic heterocycles. The lowest BCUT2D eigenvalue weighted by atomic mass is 9.86. The molecule has 1 unspecified atom stereocenters. The predicted molar refractivity (Wildman–Crippen MR) is 57.3 cm³/mol. The highest BCUT2D eigenvalue weighted by Gasteiger charge is 2.43. The summed E-state index contributed by atoms with van der Waals surface area (Å²) in [6.07, 6.45) is 0.928. The summed E-state index contributed by atoms with van der Waals surface area (Å²) in [6, 6.07) is -2.60. The van der Waals surface area contributed by atoms with Crippen molar-refractivity contribution < 1.29 is 8.78 Å². The summed E-state index contributed by atoms with van der Waals surface area (Å²) in [6.45, 7) is 6.50. The minimum atomic E-state index is -2.60. The second kappa shape index (κ2) is 4.79. The minimum absolute atomic E-state index is 0.0255. The molecule has 1 saturated heterocycles. The highest BCUT2D eigenvalue weighted by Crippen LogP contribution is 2.41. The van der Waals surface area contributed by atoms with Crippen LogP contribution in [0.5, 0.6) is 0 Å². The molecular weight excluding hydrogens is 204 g/mol. The van der Waals surface area contributed by atoms with Gasteiger partial charge in [0, 0.05) is 18.7 Å². The van der Waals surface area contributed by atoms with E-state index in [0.717, 1.165) is 12.2 Å². The van der Waals surface area contributed by atoms with Crippen LogP contribution in [0.15, 0.2) is 0 Å². The topological polar surface area (TPSA) is 3.24 Å². The van der Waals surface area contributed by atoms with Crippen LogP contribution in [0.1, 0.15) is 33.6 Å². The van der Waals surface area contributed by atoms with Crippen LogP contribution in [0.2, 0.25) is 0 Å². The van der Waals surface area contributed by atoms with Crippen molar-refractivity contribution in [2.45, 2.75) is 39.7 Å². The number of nitrogens with zero attached hydrogens (tertiary/aromatic N) is 1. The summed E-state index contributed by atoms with van der Waals surface area (Å²) in [5, 5.41) is 0. The third kappa shape index (κ3) is 2.83. The Morgan fingerprint density at radius 3 is 2.57 bits per heavy atom. The van der Waals surface area contributed by atoms with E-state index < -0.39 is 6.05 Å². The van der Waals surface area contributed by atoms with Crippen LogP contribution in [0.3, 0.4) is 0 Å². The SMILES string of the molecule is CCSN1CCC(C(C)C)CC1(F)F. The largest absolute Gasteiger partial charge is 0.313 e. The molecule has 4 heteroatoms. The molecule has 1 atom stereocenters. The Morgan fingerprint density at radius 2 is 2.14 bits per heavy atom. The van der Waals surface area contributed by atoms with E-state index in [2.05, 4.69) is 0 Å². The number of alkyl halides is 2. The van der Waals surface area contributed by atoms with Gasteiger partial charge < -0.3 is 0 Å². The van der Waals surface area contributed by atoms with E-state index in [-0.39, 0.29) is 12.3 Å². The van der Waals surface area contributed by atoms with Gasteiger partial charge in [0.1, 0.15) is 0 Å². The molecule has 0 amide bonds. The Balaban J connectivity index is 2.56. The van der Waals surface area contributed by atoms with Crippen LogP contribution < -0.4 is 0 Å². The van der Waals surface area contributed by atoms with Gasteiger partial charge in [-0.2, -0.15) is 13.1 Å². The van der Waals surface area contributed by atoms with Crippen LogP contribution in [0.25, 0.3) is 0 Å². The molecule has 1 heterocycles. The van der Waals surface area contributed by atoms with Gasteiger partial charge in [-0.05, 0) is 18.3 Å². The molecule has 1 aliphatic rings. The second-order valence-electron chi connectivity index (χ2n) is 4.18. The maximum atomic E-state index is 13.6. The zero-order chi connectivity index (χ0) is 10.8. The van der Waals surface area contributed by atoms with Gasteiger partial charge >= 0.3 is 6.05 Å². The first-order valence-corrected chi connectivity index (χ1v) is 6.20. The van der Waals surface area contributed by atoms with Crippen molar-refractivity contribution in [3.05, 3.63) is 0 Å². The molecule has 0 radical (unpaired) electrons. The summed E-state index contributed by atoms with van der Waals surface area (Å²) in [5.74, 6) is 1.27. The Labute approximate surface area is 89.4 Å². The van der Waals surface area contributed by atoms with E-state index in [1.165, 1.54) is 16.3 Å². The van der Waals surface area contributed by atoms with Crippen molar-refractivity contribution >= 4 is 11.9 Å². The number of rotatable bonds is 3. The van der Waals surface area contributed by atoms with Gasteiger partial charge in [-0.15, -0.1) is 0 Å². The first-order chi connectivity index (χ1) is 6.47. The van der Waals surface area contributed by atoms with E-state index in [1.807, 2.05) is 20.8 Å². The Morgan fingerprint density at radius 1 is 1.50 bits per heavy atom. The highest BCUT2D eigenvalue weighted by molar-refractivity contribution is 7.97. The van der Waals surface area contributed by atoms with Gasteiger partial charge in [0.05, 0.1) is 0 Å². The molecule has 84 valence electrons. The zero-order valence-corrected chi connectivity index (χ0v) is 9.91. The Hall–Kier alpha value is 0.170. The van der Waals surface area contributed by atoms with Crippen LogP contribution in [-0.4, -0.2) is 22.6 Å². The molecule has 0 aliphatic carbocycles. The molecule has 0 aromatic rings. The third-order valence-electron chi connectivity index (χ3n) is 2.80. The first kappa shape index (κ1) is 12.2. The third-order valence-corrected chi connectivity index (χ3v) is 3.82. The average Bonchev–Trinajstić information content (AvgIpc) is 2.08. The lowest BCUT2D eigenvalue weighted by molar-refractivity contribution is -0.138. The summed E-state index contributed by atoms with van der Waals surface area (Å²) in [4.78, 5) is 0. The number of piperidine rings is 1. The molecule has 0 aromatic carbocycles. The molecule has 14 heavy (non-hydrogen) atoms. The summed E-state index contributed by atoms with van der Waals surface area (Å²) < 4.78 is 28.4. The smallest absolute Gasteiger partial charge is 0.189 e. The summed E-state index contributed by atoms with van der Waals surface area (Å²) >= 11 is 1.26. The first-order valence-electron chi connectivity index (χ1n) is 5.25. The fraction of sp³-hybridized carbons (Fsp3) is 1.00. The standard InChI is InChI=1S/C10H19F2NS/c1-4-14-13-6-5-9(8(2)3)7-10(13,11)12/h8-9H,4-7H2,1-3H3. The number of hydrogen-bond donors (Lipinski definition) is 0. The predicted octanol–water partition coefficient (Wildman–Crippen LogP) is 3.62. The molecule has 1 rings (SSSR count). The van der Waals surface area contributed by atoms with Gasteiger partial charge in [0.15, 0.2) is 0 Å². The van der Waals surface area contributed by atoms with Gasteiger partial charge in [-0.3, -0.25) is 0 Å². The van der Waals surface area contributed by atoms with Crippen molar-refractivity contribution in [2.75, 3.05) is 12.3 Å². The fourth-order valence-electron chi connectivity index (χ4n) is 1.85. The fourth-order valence-corrected chi connectivity index (χ4v) is 2.66. The Bertz CT molecular complexity index is 185. The van der Waals surface area contributed by atoms with E-state index in [1.54, 1.807) is 0 Å². The van der Waals surface area contributed by atoms with Gasteiger partial charge in [0.25, 0.3) is 0 Å². The zero-order valence-electron chi connectivity index (χ0n) is 9.09. The molecular formula is C10H19F2NS. The normalized spacial score (nSPS) is 28.3. The van der Waals surface area contributed by atoms with Crippen molar-refractivity contribution in [1.29, 1.82) is 0 Å². The number of hydrogen-bond acceptors (Lipinski definition) is 2. The highest BCUT2D eigenvalue weighted by atomic mass is 32.2. The Kier molecular flexibility index (Phi) is 4.19. The maximum absolute atomic E-state index is 13.6. The quantitative estimate of drug-likeness (QED) is 0.531. The summed E-state index contributed by atoms with van der Waals surface area (Å²) in [7, 11) is 0.